The second-order valence-electron chi connectivity index (χ2n) is 8.72. The van der Waals surface area contributed by atoms with E-state index in [9.17, 15) is 4.79 Å². The fraction of sp³-hybridized carbons (Fsp3) is 0.296. The van der Waals surface area contributed by atoms with Crippen LogP contribution in [0.25, 0.3) is 0 Å². The summed E-state index contributed by atoms with van der Waals surface area (Å²) in [5, 5.41) is 0.733. The molecule has 0 spiro atoms. The van der Waals surface area contributed by atoms with Gasteiger partial charge in [-0.2, -0.15) is 0 Å². The third kappa shape index (κ3) is 4.64. The summed E-state index contributed by atoms with van der Waals surface area (Å²) in [4.78, 5) is 19.9. The van der Waals surface area contributed by atoms with Crippen LogP contribution in [0.2, 0.25) is 5.02 Å². The van der Waals surface area contributed by atoms with Crippen LogP contribution in [-0.2, 0) is 6.54 Å². The summed E-state index contributed by atoms with van der Waals surface area (Å²) < 4.78 is 5.97. The van der Waals surface area contributed by atoms with E-state index in [1.165, 1.54) is 5.56 Å². The van der Waals surface area contributed by atoms with Gasteiger partial charge in [-0.05, 0) is 48.9 Å². The Morgan fingerprint density at radius 2 is 1.76 bits per heavy atom. The van der Waals surface area contributed by atoms with E-state index in [0.29, 0.717) is 25.3 Å². The van der Waals surface area contributed by atoms with Crippen LogP contribution in [0.3, 0.4) is 0 Å². The summed E-state index contributed by atoms with van der Waals surface area (Å²) in [7, 11) is 0. The molecule has 3 aromatic carbocycles. The number of nitrogens with zero attached hydrogens (tertiary/aromatic N) is 3. The topological polar surface area (TPSA) is 36.0 Å². The second-order valence-corrected chi connectivity index (χ2v) is 9.15. The summed E-state index contributed by atoms with van der Waals surface area (Å²) >= 11 is 6.15. The monoisotopic (exact) mass is 461 g/mol. The highest BCUT2D eigenvalue weighted by Crippen LogP contribution is 2.36. The number of amides is 1. The molecular weight excluding hydrogens is 434 g/mol. The number of halogens is 1. The highest BCUT2D eigenvalue weighted by atomic mass is 35.5. The second kappa shape index (κ2) is 9.36. The Morgan fingerprint density at radius 3 is 2.52 bits per heavy atom. The molecule has 33 heavy (non-hydrogen) atoms. The van der Waals surface area contributed by atoms with Gasteiger partial charge in [-0.1, -0.05) is 48.0 Å². The van der Waals surface area contributed by atoms with Crippen molar-refractivity contribution in [3.8, 4) is 5.75 Å². The summed E-state index contributed by atoms with van der Waals surface area (Å²) in [5.41, 5.74) is 4.04. The molecule has 170 valence electrons. The molecule has 0 N–H and O–H groups in total. The van der Waals surface area contributed by atoms with E-state index in [-0.39, 0.29) is 11.9 Å². The molecule has 1 fully saturated rings. The molecule has 0 unspecified atom stereocenters. The third-order valence-electron chi connectivity index (χ3n) is 6.46. The maximum Gasteiger partial charge on any atom is 0.254 e. The highest BCUT2D eigenvalue weighted by molar-refractivity contribution is 6.30. The van der Waals surface area contributed by atoms with Crippen LogP contribution >= 0.6 is 11.6 Å². The Morgan fingerprint density at radius 1 is 0.970 bits per heavy atom. The Hall–Kier alpha value is -3.18. The average molecular weight is 462 g/mol. The summed E-state index contributed by atoms with van der Waals surface area (Å²) in [6.45, 7) is 6.53. The van der Waals surface area contributed by atoms with Crippen molar-refractivity contribution < 1.29 is 9.53 Å². The van der Waals surface area contributed by atoms with Crippen LogP contribution < -0.4 is 14.5 Å². The molecule has 3 aromatic rings. The molecule has 0 aliphatic carbocycles. The first-order valence-electron chi connectivity index (χ1n) is 11.5. The van der Waals surface area contributed by atoms with Crippen molar-refractivity contribution in [2.24, 2.45) is 0 Å². The Balaban J connectivity index is 1.32. The van der Waals surface area contributed by atoms with E-state index in [1.54, 1.807) is 0 Å². The van der Waals surface area contributed by atoms with Crippen LogP contribution in [0, 0.1) is 0 Å². The lowest BCUT2D eigenvalue weighted by atomic mass is 10.1. The van der Waals surface area contributed by atoms with Gasteiger partial charge in [0.15, 0.2) is 0 Å². The molecule has 5 nitrogen and oxygen atoms in total. The van der Waals surface area contributed by atoms with Crippen molar-refractivity contribution in [2.45, 2.75) is 19.5 Å². The summed E-state index contributed by atoms with van der Waals surface area (Å²) in [5.74, 6) is 0.910. The van der Waals surface area contributed by atoms with Gasteiger partial charge in [-0.15, -0.1) is 0 Å². The van der Waals surface area contributed by atoms with Gasteiger partial charge in [0.2, 0.25) is 0 Å². The molecule has 0 radical (unpaired) electrons. The standard InChI is InChI=1S/C27H28ClN3O2/c1-20-19-33-26-11-10-22(16-25(26)31(20)18-21-6-3-2-4-7-21)27(32)30-14-12-29(13-15-30)24-9-5-8-23(28)17-24/h2-11,16-17,20H,12-15,18-19H2,1H3/t20-/m0/s1. The molecule has 0 aromatic heterocycles. The largest absolute Gasteiger partial charge is 0.489 e. The molecule has 2 aliphatic heterocycles. The molecule has 5 rings (SSSR count). The maximum absolute atomic E-state index is 13.4. The molecule has 1 saturated heterocycles. The smallest absolute Gasteiger partial charge is 0.254 e. The lowest BCUT2D eigenvalue weighted by Crippen LogP contribution is -2.48. The number of fused-ring (bicyclic) bond motifs is 1. The minimum Gasteiger partial charge on any atom is -0.489 e. The average Bonchev–Trinajstić information content (AvgIpc) is 2.86. The maximum atomic E-state index is 13.4. The Kier molecular flexibility index (Phi) is 6.14. The van der Waals surface area contributed by atoms with Crippen LogP contribution in [0.5, 0.6) is 5.75 Å². The first kappa shape index (κ1) is 21.7. The van der Waals surface area contributed by atoms with E-state index in [1.807, 2.05) is 47.4 Å². The fourth-order valence-electron chi connectivity index (χ4n) is 4.58. The molecule has 1 atom stereocenters. The number of anilines is 2. The fourth-order valence-corrected chi connectivity index (χ4v) is 4.76. The SMILES string of the molecule is C[C@H]1COc2ccc(C(=O)N3CCN(c4cccc(Cl)c4)CC3)cc2N1Cc1ccccc1. The van der Waals surface area contributed by atoms with Crippen molar-refractivity contribution in [1.29, 1.82) is 0 Å². The van der Waals surface area contributed by atoms with Crippen LogP contribution in [-0.4, -0.2) is 49.6 Å². The number of hydrogen-bond donors (Lipinski definition) is 0. The molecule has 2 heterocycles. The minimum absolute atomic E-state index is 0.0708. The molecule has 2 aliphatic rings. The quantitative estimate of drug-likeness (QED) is 0.542. The number of piperazine rings is 1. The van der Waals surface area contributed by atoms with E-state index >= 15 is 0 Å². The Bertz CT molecular complexity index is 1130. The van der Waals surface area contributed by atoms with Gasteiger partial charge in [-0.25, -0.2) is 0 Å². The van der Waals surface area contributed by atoms with Crippen molar-refractivity contribution in [1.82, 2.24) is 4.90 Å². The van der Waals surface area contributed by atoms with Gasteiger partial charge in [0.1, 0.15) is 12.4 Å². The lowest BCUT2D eigenvalue weighted by molar-refractivity contribution is 0.0746. The molecular formula is C27H28ClN3O2. The predicted molar refractivity (Wildman–Crippen MR) is 134 cm³/mol. The highest BCUT2D eigenvalue weighted by Gasteiger charge is 2.28. The molecule has 0 bridgehead atoms. The number of ether oxygens (including phenoxy) is 1. The number of carbonyl (C=O) groups excluding carboxylic acids is 1. The third-order valence-corrected chi connectivity index (χ3v) is 6.70. The zero-order valence-electron chi connectivity index (χ0n) is 18.8. The summed E-state index contributed by atoms with van der Waals surface area (Å²) in [6.07, 6.45) is 0. The first-order chi connectivity index (χ1) is 16.1. The molecule has 1 amide bonds. The van der Waals surface area contributed by atoms with Gasteiger partial charge in [0.05, 0.1) is 11.7 Å². The number of hydrogen-bond acceptors (Lipinski definition) is 4. The number of benzene rings is 3. The van der Waals surface area contributed by atoms with Gasteiger partial charge < -0.3 is 19.4 Å². The minimum atomic E-state index is 0.0708. The van der Waals surface area contributed by atoms with Crippen LogP contribution in [0.1, 0.15) is 22.8 Å². The zero-order chi connectivity index (χ0) is 22.8. The van der Waals surface area contributed by atoms with E-state index < -0.39 is 0 Å². The van der Waals surface area contributed by atoms with Crippen molar-refractivity contribution in [2.75, 3.05) is 42.6 Å². The summed E-state index contributed by atoms with van der Waals surface area (Å²) in [6, 6.07) is 24.4. The van der Waals surface area contributed by atoms with E-state index in [2.05, 4.69) is 47.1 Å². The number of rotatable bonds is 4. The van der Waals surface area contributed by atoms with Gasteiger partial charge in [0, 0.05) is 49.0 Å². The Labute approximate surface area is 200 Å². The van der Waals surface area contributed by atoms with Crippen LogP contribution in [0.4, 0.5) is 11.4 Å². The van der Waals surface area contributed by atoms with E-state index in [4.69, 9.17) is 16.3 Å². The molecule has 0 saturated carbocycles. The van der Waals surface area contributed by atoms with Crippen molar-refractivity contribution >= 4 is 28.9 Å². The van der Waals surface area contributed by atoms with Crippen molar-refractivity contribution in [3.63, 3.8) is 0 Å². The predicted octanol–water partition coefficient (Wildman–Crippen LogP) is 5.09. The van der Waals surface area contributed by atoms with E-state index in [0.717, 1.165) is 41.8 Å². The zero-order valence-corrected chi connectivity index (χ0v) is 19.5. The van der Waals surface area contributed by atoms with Gasteiger partial charge in [0.25, 0.3) is 5.91 Å². The van der Waals surface area contributed by atoms with Gasteiger partial charge in [-0.3, -0.25) is 4.79 Å². The van der Waals surface area contributed by atoms with Gasteiger partial charge >= 0.3 is 0 Å². The molecule has 6 heteroatoms. The van der Waals surface area contributed by atoms with Crippen LogP contribution in [0.15, 0.2) is 72.8 Å². The normalized spacial score (nSPS) is 18.0. The number of carbonyl (C=O) groups is 1. The lowest BCUT2D eigenvalue weighted by Gasteiger charge is -2.38. The van der Waals surface area contributed by atoms with Crippen molar-refractivity contribution in [3.05, 3.63) is 88.9 Å². The first-order valence-corrected chi connectivity index (χ1v) is 11.8.